The summed E-state index contributed by atoms with van der Waals surface area (Å²) in [5.74, 6) is 0.609. The van der Waals surface area contributed by atoms with Crippen LogP contribution in [0.15, 0.2) is 18.2 Å². The molecule has 0 saturated carbocycles. The van der Waals surface area contributed by atoms with Crippen LogP contribution >= 0.6 is 23.6 Å². The first-order valence-electron chi connectivity index (χ1n) is 4.73. The molecule has 0 radical (unpaired) electrons. The zero-order valence-electron chi connectivity index (χ0n) is 8.13. The molecule has 1 aliphatic rings. The van der Waals surface area contributed by atoms with E-state index in [4.69, 9.17) is 15.8 Å². The molecule has 0 saturated heterocycles. The quantitative estimate of drug-likeness (QED) is 0.734. The summed E-state index contributed by atoms with van der Waals surface area (Å²) >= 11 is 7.56. The number of hydrogen-bond donors (Lipinski definition) is 0. The van der Waals surface area contributed by atoms with E-state index in [9.17, 15) is 0 Å². The molecule has 0 spiro atoms. The molecule has 76 valence electrons. The van der Waals surface area contributed by atoms with Gasteiger partial charge in [0.05, 0.1) is 6.61 Å². The van der Waals surface area contributed by atoms with Crippen LogP contribution < -0.4 is 0 Å². The summed E-state index contributed by atoms with van der Waals surface area (Å²) in [6.45, 7) is 0.826. The zero-order chi connectivity index (χ0) is 9.97. The molecule has 1 aliphatic carbocycles. The first-order chi connectivity index (χ1) is 6.81. The first-order valence-corrected chi connectivity index (χ1v) is 6.26. The van der Waals surface area contributed by atoms with Gasteiger partial charge in [0.1, 0.15) is 0 Å². The normalized spacial score (nSPS) is 19.7. The molecule has 0 N–H and O–H groups in total. The summed E-state index contributed by atoms with van der Waals surface area (Å²) < 4.78 is 5.36. The maximum atomic E-state index is 6.12. The molecule has 0 aromatic heterocycles. The minimum atomic E-state index is 0.609. The summed E-state index contributed by atoms with van der Waals surface area (Å²) in [6, 6.07) is 6.16. The van der Waals surface area contributed by atoms with E-state index in [1.807, 2.05) is 18.4 Å². The predicted octanol–water partition coefficient (Wildman–Crippen LogP) is 3.35. The van der Waals surface area contributed by atoms with E-state index >= 15 is 0 Å². The van der Waals surface area contributed by atoms with Crippen LogP contribution in [0, 0.1) is 5.92 Å². The highest BCUT2D eigenvalue weighted by atomic mass is 35.5. The van der Waals surface area contributed by atoms with Crippen LogP contribution in [-0.4, -0.2) is 12.9 Å². The fourth-order valence-corrected chi connectivity index (χ4v) is 2.58. The highest BCUT2D eigenvalue weighted by Gasteiger charge is 2.23. The van der Waals surface area contributed by atoms with Crippen LogP contribution in [0.25, 0.3) is 0 Å². The minimum Gasteiger partial charge on any atom is -0.315 e. The topological polar surface area (TPSA) is 9.23 Å². The molecule has 1 nitrogen and oxygen atoms in total. The van der Waals surface area contributed by atoms with E-state index in [-0.39, 0.29) is 0 Å². The lowest BCUT2D eigenvalue weighted by atomic mass is 10.1. The van der Waals surface area contributed by atoms with E-state index in [1.54, 1.807) is 0 Å². The number of hydrogen-bond acceptors (Lipinski definition) is 2. The Morgan fingerprint density at radius 1 is 1.50 bits per heavy atom. The van der Waals surface area contributed by atoms with Crippen molar-refractivity contribution in [1.82, 2.24) is 0 Å². The highest BCUT2D eigenvalue weighted by Crippen LogP contribution is 2.32. The van der Waals surface area contributed by atoms with Crippen LogP contribution in [0.3, 0.4) is 0 Å². The van der Waals surface area contributed by atoms with Crippen LogP contribution in [0.2, 0.25) is 5.02 Å². The van der Waals surface area contributed by atoms with Crippen LogP contribution in [0.1, 0.15) is 11.1 Å². The number of fused-ring (bicyclic) bond motifs is 1. The summed E-state index contributed by atoms with van der Waals surface area (Å²) in [5.41, 5.74) is 2.72. The van der Waals surface area contributed by atoms with Gasteiger partial charge in [0.2, 0.25) is 0 Å². The Labute approximate surface area is 94.0 Å². The van der Waals surface area contributed by atoms with E-state index < -0.39 is 0 Å². The third-order valence-corrected chi connectivity index (χ3v) is 3.36. The predicted molar refractivity (Wildman–Crippen MR) is 61.8 cm³/mol. The minimum absolute atomic E-state index is 0.609. The van der Waals surface area contributed by atoms with Crippen molar-refractivity contribution in [3.05, 3.63) is 34.3 Å². The van der Waals surface area contributed by atoms with Gasteiger partial charge in [0, 0.05) is 11.3 Å². The Morgan fingerprint density at radius 3 is 3.07 bits per heavy atom. The van der Waals surface area contributed by atoms with E-state index in [2.05, 4.69) is 6.07 Å². The lowest BCUT2D eigenvalue weighted by Crippen LogP contribution is -2.06. The van der Waals surface area contributed by atoms with Crippen molar-refractivity contribution in [2.75, 3.05) is 12.9 Å². The first kappa shape index (κ1) is 10.3. The number of halogens is 1. The Bertz CT molecular complexity index is 327. The average molecular weight is 229 g/mol. The van der Waals surface area contributed by atoms with Gasteiger partial charge in [-0.3, -0.25) is 0 Å². The maximum absolute atomic E-state index is 6.12. The molecule has 0 aliphatic heterocycles. The summed E-state index contributed by atoms with van der Waals surface area (Å²) in [7, 11) is 0. The second-order valence-electron chi connectivity index (χ2n) is 3.60. The summed E-state index contributed by atoms with van der Waals surface area (Å²) in [5, 5.41) is 0.911. The highest BCUT2D eigenvalue weighted by molar-refractivity contribution is 7.93. The van der Waals surface area contributed by atoms with Crippen molar-refractivity contribution >= 4 is 23.6 Å². The zero-order valence-corrected chi connectivity index (χ0v) is 9.70. The maximum Gasteiger partial charge on any atom is 0.0648 e. The molecule has 0 fully saturated rings. The van der Waals surface area contributed by atoms with Gasteiger partial charge in [-0.05, 0) is 48.0 Å². The lowest BCUT2D eigenvalue weighted by Gasteiger charge is -2.06. The molecular weight excluding hydrogens is 216 g/mol. The van der Waals surface area contributed by atoms with Crippen LogP contribution in [0.5, 0.6) is 0 Å². The van der Waals surface area contributed by atoms with Gasteiger partial charge in [-0.2, -0.15) is 0 Å². The van der Waals surface area contributed by atoms with E-state index in [0.717, 1.165) is 24.5 Å². The molecular formula is C11H13ClOS. The molecule has 2 rings (SSSR count). The SMILES string of the molecule is CSOCC1Cc2cccc(Cl)c2C1. The van der Waals surface area contributed by atoms with Gasteiger partial charge in [0.25, 0.3) is 0 Å². The molecule has 3 heteroatoms. The second-order valence-corrected chi connectivity index (χ2v) is 4.58. The van der Waals surface area contributed by atoms with Gasteiger partial charge in [-0.1, -0.05) is 23.7 Å². The third-order valence-electron chi connectivity index (χ3n) is 2.64. The fourth-order valence-electron chi connectivity index (χ4n) is 1.98. The lowest BCUT2D eigenvalue weighted by molar-refractivity contribution is 0.296. The molecule has 1 atom stereocenters. The monoisotopic (exact) mass is 228 g/mol. The molecule has 14 heavy (non-hydrogen) atoms. The molecule has 1 unspecified atom stereocenters. The summed E-state index contributed by atoms with van der Waals surface area (Å²) in [6.07, 6.45) is 4.13. The Kier molecular flexibility index (Phi) is 3.37. The van der Waals surface area contributed by atoms with Crippen molar-refractivity contribution in [2.45, 2.75) is 12.8 Å². The smallest absolute Gasteiger partial charge is 0.0648 e. The van der Waals surface area contributed by atoms with Gasteiger partial charge in [-0.25, -0.2) is 0 Å². The fraction of sp³-hybridized carbons (Fsp3) is 0.455. The Balaban J connectivity index is 2.06. The van der Waals surface area contributed by atoms with Crippen molar-refractivity contribution in [1.29, 1.82) is 0 Å². The van der Waals surface area contributed by atoms with Gasteiger partial charge in [0.15, 0.2) is 0 Å². The second kappa shape index (κ2) is 4.56. The number of benzene rings is 1. The number of rotatable bonds is 3. The average Bonchev–Trinajstić information content (AvgIpc) is 2.59. The molecule has 0 bridgehead atoms. The van der Waals surface area contributed by atoms with Crippen LogP contribution in [-0.2, 0) is 17.0 Å². The molecule has 0 amide bonds. The molecule has 1 aromatic carbocycles. The van der Waals surface area contributed by atoms with Gasteiger partial charge < -0.3 is 4.18 Å². The van der Waals surface area contributed by atoms with E-state index in [0.29, 0.717) is 5.92 Å². The van der Waals surface area contributed by atoms with Gasteiger partial charge >= 0.3 is 0 Å². The summed E-state index contributed by atoms with van der Waals surface area (Å²) in [4.78, 5) is 0. The van der Waals surface area contributed by atoms with Crippen LogP contribution in [0.4, 0.5) is 0 Å². The largest absolute Gasteiger partial charge is 0.315 e. The van der Waals surface area contributed by atoms with Gasteiger partial charge in [-0.15, -0.1) is 0 Å². The van der Waals surface area contributed by atoms with E-state index in [1.165, 1.54) is 23.2 Å². The van der Waals surface area contributed by atoms with Crippen molar-refractivity contribution in [3.63, 3.8) is 0 Å². The van der Waals surface area contributed by atoms with Crippen molar-refractivity contribution in [3.8, 4) is 0 Å². The van der Waals surface area contributed by atoms with Crippen molar-refractivity contribution < 1.29 is 4.18 Å². The molecule has 0 heterocycles. The Morgan fingerprint density at radius 2 is 2.36 bits per heavy atom. The third kappa shape index (κ3) is 2.08. The Hall–Kier alpha value is -0.180. The standard InChI is InChI=1S/C11H13ClOS/c1-14-13-7-8-5-9-3-2-4-11(12)10(9)6-8/h2-4,8H,5-7H2,1H3. The molecule has 1 aromatic rings. The van der Waals surface area contributed by atoms with Crippen molar-refractivity contribution in [2.24, 2.45) is 5.92 Å².